The van der Waals surface area contributed by atoms with E-state index in [9.17, 15) is 19.5 Å². The summed E-state index contributed by atoms with van der Waals surface area (Å²) in [7, 11) is 0. The third-order valence-corrected chi connectivity index (χ3v) is 4.42. The summed E-state index contributed by atoms with van der Waals surface area (Å²) < 4.78 is 1.18. The molecule has 0 spiro atoms. The fourth-order valence-corrected chi connectivity index (χ4v) is 3.00. The van der Waals surface area contributed by atoms with Crippen LogP contribution in [-0.2, 0) is 6.42 Å². The van der Waals surface area contributed by atoms with Crippen LogP contribution >= 0.6 is 0 Å². The number of carbonyl (C=O) groups is 2. The Balaban J connectivity index is 2.06. The Morgan fingerprint density at radius 2 is 1.78 bits per heavy atom. The zero-order chi connectivity index (χ0) is 19.4. The number of unbranched alkanes of at least 4 members (excludes halogenated alkanes) is 1. The van der Waals surface area contributed by atoms with Crippen molar-refractivity contribution in [1.29, 1.82) is 0 Å². The number of fused-ring (bicyclic) bond motifs is 1. The quantitative estimate of drug-likeness (QED) is 0.713. The molecule has 2 aromatic carbocycles. The molecule has 1 heterocycles. The number of aromatic carboxylic acids is 1. The second-order valence-corrected chi connectivity index (χ2v) is 6.26. The van der Waals surface area contributed by atoms with Crippen LogP contribution in [0.15, 0.2) is 59.5 Å². The number of anilines is 1. The number of para-hydroxylation sites is 2. The lowest BCUT2D eigenvalue weighted by Gasteiger charge is -2.14. The highest BCUT2D eigenvalue weighted by Crippen LogP contribution is 2.19. The first-order chi connectivity index (χ1) is 13.0. The molecule has 0 aliphatic rings. The first-order valence-electron chi connectivity index (χ1n) is 8.80. The summed E-state index contributed by atoms with van der Waals surface area (Å²) in [5.74, 6) is -1.37. The van der Waals surface area contributed by atoms with Crippen LogP contribution in [-0.4, -0.2) is 21.7 Å². The average Bonchev–Trinajstić information content (AvgIpc) is 2.67. The van der Waals surface area contributed by atoms with Crippen LogP contribution in [0.1, 0.15) is 35.7 Å². The standard InChI is InChI=1S/C21H20N2O4/c1-2-3-8-14-9-4-6-11-17(14)22-21(27)23-13-16(20(25)26)19(24)15-10-5-7-12-18(15)23/h4-7,9-13H,2-3,8H2,1H3,(H,22,27)(H,25,26). The van der Waals surface area contributed by atoms with Crippen molar-refractivity contribution in [2.75, 3.05) is 5.32 Å². The number of aryl methyl sites for hydroxylation is 1. The van der Waals surface area contributed by atoms with Crippen molar-refractivity contribution in [2.24, 2.45) is 0 Å². The van der Waals surface area contributed by atoms with Crippen LogP contribution in [0, 0.1) is 0 Å². The maximum Gasteiger partial charge on any atom is 0.341 e. The number of benzene rings is 2. The Morgan fingerprint density at radius 1 is 1.07 bits per heavy atom. The number of carboxylic acids is 1. The average molecular weight is 364 g/mol. The number of aromatic nitrogens is 1. The molecule has 0 radical (unpaired) electrons. The van der Waals surface area contributed by atoms with Crippen molar-refractivity contribution in [3.63, 3.8) is 0 Å². The first kappa shape index (κ1) is 18.4. The van der Waals surface area contributed by atoms with Crippen molar-refractivity contribution in [3.8, 4) is 0 Å². The molecular weight excluding hydrogens is 344 g/mol. The lowest BCUT2D eigenvalue weighted by molar-refractivity contribution is 0.0695. The molecule has 0 saturated heterocycles. The van der Waals surface area contributed by atoms with Crippen molar-refractivity contribution < 1.29 is 14.7 Å². The van der Waals surface area contributed by atoms with Crippen LogP contribution in [0.4, 0.5) is 10.5 Å². The number of pyridine rings is 1. The molecule has 6 nitrogen and oxygen atoms in total. The van der Waals surface area contributed by atoms with Gasteiger partial charge in [-0.1, -0.05) is 43.7 Å². The van der Waals surface area contributed by atoms with Gasteiger partial charge < -0.3 is 10.4 Å². The summed E-state index contributed by atoms with van der Waals surface area (Å²) in [5, 5.41) is 12.3. The van der Waals surface area contributed by atoms with Gasteiger partial charge in [-0.3, -0.25) is 9.36 Å². The van der Waals surface area contributed by atoms with E-state index >= 15 is 0 Å². The minimum atomic E-state index is -1.37. The second kappa shape index (κ2) is 7.86. The molecule has 0 atom stereocenters. The SMILES string of the molecule is CCCCc1ccccc1NC(=O)n1cc(C(=O)O)c(=O)c2ccccc21. The monoisotopic (exact) mass is 364 g/mol. The number of nitrogens with one attached hydrogen (secondary N) is 1. The van der Waals surface area contributed by atoms with Crippen LogP contribution in [0.25, 0.3) is 10.9 Å². The van der Waals surface area contributed by atoms with Gasteiger partial charge in [0.2, 0.25) is 5.43 Å². The Bertz CT molecular complexity index is 1070. The van der Waals surface area contributed by atoms with Crippen LogP contribution in [0.3, 0.4) is 0 Å². The van der Waals surface area contributed by atoms with Crippen LogP contribution in [0.2, 0.25) is 0 Å². The van der Waals surface area contributed by atoms with Crippen molar-refractivity contribution in [2.45, 2.75) is 26.2 Å². The molecule has 1 amide bonds. The van der Waals surface area contributed by atoms with Crippen molar-refractivity contribution >= 4 is 28.6 Å². The highest BCUT2D eigenvalue weighted by atomic mass is 16.4. The van der Waals surface area contributed by atoms with E-state index in [4.69, 9.17) is 0 Å². The van der Waals surface area contributed by atoms with E-state index in [1.807, 2.05) is 24.3 Å². The smallest absolute Gasteiger partial charge is 0.341 e. The Morgan fingerprint density at radius 3 is 2.52 bits per heavy atom. The van der Waals surface area contributed by atoms with Gasteiger partial charge in [0, 0.05) is 17.3 Å². The molecule has 0 unspecified atom stereocenters. The number of amides is 1. The molecule has 0 fully saturated rings. The number of hydrogen-bond acceptors (Lipinski definition) is 3. The third-order valence-electron chi connectivity index (χ3n) is 4.42. The Kier molecular flexibility index (Phi) is 5.35. The van der Waals surface area contributed by atoms with Gasteiger partial charge in [0.15, 0.2) is 0 Å². The highest BCUT2D eigenvalue weighted by Gasteiger charge is 2.18. The number of hydrogen-bond donors (Lipinski definition) is 2. The summed E-state index contributed by atoms with van der Waals surface area (Å²) in [4.78, 5) is 36.7. The van der Waals surface area contributed by atoms with Gasteiger partial charge >= 0.3 is 12.0 Å². The fourth-order valence-electron chi connectivity index (χ4n) is 3.00. The van der Waals surface area contributed by atoms with Gasteiger partial charge in [-0.25, -0.2) is 9.59 Å². The summed E-state index contributed by atoms with van der Waals surface area (Å²) >= 11 is 0. The molecule has 2 N–H and O–H groups in total. The third kappa shape index (κ3) is 3.74. The lowest BCUT2D eigenvalue weighted by Crippen LogP contribution is -2.26. The summed E-state index contributed by atoms with van der Waals surface area (Å²) in [6, 6.07) is 13.5. The van der Waals surface area contributed by atoms with Gasteiger partial charge in [-0.2, -0.15) is 0 Å². The van der Waals surface area contributed by atoms with Gasteiger partial charge in [0.05, 0.1) is 5.52 Å². The maximum absolute atomic E-state index is 12.9. The molecule has 0 saturated carbocycles. The molecule has 27 heavy (non-hydrogen) atoms. The van der Waals surface area contributed by atoms with Crippen LogP contribution in [0.5, 0.6) is 0 Å². The molecular formula is C21H20N2O4. The van der Waals surface area contributed by atoms with Gasteiger partial charge in [-0.05, 0) is 36.6 Å². The van der Waals surface area contributed by atoms with Crippen molar-refractivity contribution in [1.82, 2.24) is 4.57 Å². The molecule has 3 aromatic rings. The molecule has 3 rings (SSSR count). The molecule has 1 aromatic heterocycles. The predicted molar refractivity (Wildman–Crippen MR) is 105 cm³/mol. The molecule has 138 valence electrons. The fraction of sp³-hybridized carbons (Fsp3) is 0.190. The van der Waals surface area contributed by atoms with Gasteiger partial charge in [0.1, 0.15) is 5.56 Å². The van der Waals surface area contributed by atoms with E-state index in [1.54, 1.807) is 18.2 Å². The zero-order valence-corrected chi connectivity index (χ0v) is 14.9. The summed E-state index contributed by atoms with van der Waals surface area (Å²) in [5.41, 5.74) is 0.997. The van der Waals surface area contributed by atoms with Crippen molar-refractivity contribution in [3.05, 3.63) is 76.1 Å². The number of carboxylic acid groups (broad SMARTS) is 1. The second-order valence-electron chi connectivity index (χ2n) is 6.26. The Labute approximate surface area is 156 Å². The van der Waals surface area contributed by atoms with E-state index < -0.39 is 23.0 Å². The largest absolute Gasteiger partial charge is 0.477 e. The topological polar surface area (TPSA) is 88.4 Å². The maximum atomic E-state index is 12.9. The van der Waals surface area contributed by atoms with E-state index in [0.29, 0.717) is 11.2 Å². The van der Waals surface area contributed by atoms with E-state index in [2.05, 4.69) is 12.2 Å². The van der Waals surface area contributed by atoms with E-state index in [0.717, 1.165) is 31.0 Å². The minimum Gasteiger partial charge on any atom is -0.477 e. The van der Waals surface area contributed by atoms with E-state index in [-0.39, 0.29) is 5.39 Å². The zero-order valence-electron chi connectivity index (χ0n) is 14.9. The number of rotatable bonds is 5. The van der Waals surface area contributed by atoms with Gasteiger partial charge in [-0.15, -0.1) is 0 Å². The summed E-state index contributed by atoms with van der Waals surface area (Å²) in [6.45, 7) is 2.10. The molecule has 0 aliphatic heterocycles. The minimum absolute atomic E-state index is 0.187. The normalized spacial score (nSPS) is 10.7. The van der Waals surface area contributed by atoms with E-state index in [1.165, 1.54) is 10.6 Å². The molecule has 6 heteroatoms. The number of nitrogens with zero attached hydrogens (tertiary/aromatic N) is 1. The number of carbonyl (C=O) groups excluding carboxylic acids is 1. The highest BCUT2D eigenvalue weighted by molar-refractivity contribution is 6.01. The summed E-state index contributed by atoms with van der Waals surface area (Å²) in [6.07, 6.45) is 3.95. The van der Waals surface area contributed by atoms with Gasteiger partial charge in [0.25, 0.3) is 0 Å². The molecule has 0 aliphatic carbocycles. The molecule has 0 bridgehead atoms. The lowest BCUT2D eigenvalue weighted by atomic mass is 10.1. The first-order valence-corrected chi connectivity index (χ1v) is 8.80. The predicted octanol–water partition coefficient (Wildman–Crippen LogP) is 4.12. The Hall–Kier alpha value is -3.41. The van der Waals surface area contributed by atoms with Crippen LogP contribution < -0.4 is 10.7 Å².